The minimum absolute atomic E-state index is 0.529. The first-order valence-electron chi connectivity index (χ1n) is 2.86. The number of rotatable bonds is 1. The molecule has 0 heterocycles. The monoisotopic (exact) mass is 136 g/mol. The zero-order valence-electron chi connectivity index (χ0n) is 5.61. The van der Waals surface area contributed by atoms with Crippen LogP contribution in [0.3, 0.4) is 0 Å². The number of ether oxygens (including phenoxy) is 1. The highest BCUT2D eigenvalue weighted by atomic mass is 16.5. The standard InChI is InChI=1S/C7H7N2O/c1-10-7-4-2-6(9-8)3-5-7/h2-5H,1H3/q+1/i8+1. The molecule has 0 radical (unpaired) electrons. The van der Waals surface area contributed by atoms with Gasteiger partial charge in [-0.2, -0.15) is 0 Å². The lowest BCUT2D eigenvalue weighted by atomic mass is 10.3. The van der Waals surface area contributed by atoms with Gasteiger partial charge < -0.3 is 4.74 Å². The lowest BCUT2D eigenvalue weighted by Crippen LogP contribution is -1.79. The van der Waals surface area contributed by atoms with Crippen LogP contribution in [0.4, 0.5) is 5.69 Å². The van der Waals surface area contributed by atoms with Gasteiger partial charge in [0.15, 0.2) is 4.98 Å². The van der Waals surface area contributed by atoms with Gasteiger partial charge >= 0.3 is 5.69 Å². The van der Waals surface area contributed by atoms with E-state index in [1.165, 1.54) is 0 Å². The number of benzene rings is 1. The first-order chi connectivity index (χ1) is 4.86. The molecule has 0 aliphatic carbocycles. The van der Waals surface area contributed by atoms with Gasteiger partial charge in [0.1, 0.15) is 5.75 Å². The zero-order valence-corrected chi connectivity index (χ0v) is 5.61. The number of nitrogens with zero attached hydrogens (tertiary/aromatic N) is 2. The molecule has 3 nitrogen and oxygen atoms in total. The van der Waals surface area contributed by atoms with Gasteiger partial charge in [-0.15, -0.1) is 0 Å². The van der Waals surface area contributed by atoms with Crippen molar-refractivity contribution >= 4 is 5.69 Å². The van der Waals surface area contributed by atoms with Gasteiger partial charge in [0.05, 0.1) is 7.11 Å². The highest BCUT2D eigenvalue weighted by Gasteiger charge is 2.01. The van der Waals surface area contributed by atoms with E-state index in [2.05, 4.69) is 4.98 Å². The molecule has 0 aliphatic heterocycles. The molecule has 0 saturated heterocycles. The third-order valence-corrected chi connectivity index (χ3v) is 1.19. The van der Waals surface area contributed by atoms with Crippen LogP contribution < -0.4 is 4.74 Å². The molecule has 0 amide bonds. The fraction of sp³-hybridized carbons (Fsp3) is 0.143. The molecule has 0 spiro atoms. The molecule has 1 aromatic carbocycles. The topological polar surface area (TPSA) is 37.4 Å². The molecule has 0 unspecified atom stereocenters. The maximum Gasteiger partial charge on any atom is 0.385 e. The zero-order chi connectivity index (χ0) is 7.40. The van der Waals surface area contributed by atoms with Crippen LogP contribution in [-0.2, 0) is 0 Å². The van der Waals surface area contributed by atoms with Crippen molar-refractivity contribution in [2.24, 2.45) is 0 Å². The summed E-state index contributed by atoms with van der Waals surface area (Å²) in [4.78, 5) is 2.99. The van der Waals surface area contributed by atoms with E-state index in [9.17, 15) is 0 Å². The Bertz CT molecular complexity index is 247. The maximum absolute atomic E-state index is 8.29. The van der Waals surface area contributed by atoms with E-state index < -0.39 is 0 Å². The van der Waals surface area contributed by atoms with E-state index in [4.69, 9.17) is 10.1 Å². The molecule has 50 valence electrons. The summed E-state index contributed by atoms with van der Waals surface area (Å²) < 4.78 is 4.89. The third-order valence-electron chi connectivity index (χ3n) is 1.19. The Labute approximate surface area is 58.9 Å². The predicted octanol–water partition coefficient (Wildman–Crippen LogP) is 2.18. The summed E-state index contributed by atoms with van der Waals surface area (Å²) in [6.45, 7) is 0. The Morgan fingerprint density at radius 3 is 2.30 bits per heavy atom. The predicted molar refractivity (Wildman–Crippen MR) is 37.7 cm³/mol. The fourth-order valence-electron chi connectivity index (χ4n) is 0.649. The van der Waals surface area contributed by atoms with Crippen molar-refractivity contribution in [3.05, 3.63) is 29.2 Å². The van der Waals surface area contributed by atoms with Gasteiger partial charge in [-0.1, -0.05) is 0 Å². The Morgan fingerprint density at radius 1 is 1.30 bits per heavy atom. The van der Waals surface area contributed by atoms with E-state index in [1.54, 1.807) is 31.4 Å². The number of hydrogen-bond donors (Lipinski definition) is 0. The molecule has 3 heteroatoms. The van der Waals surface area contributed by atoms with Crippen molar-refractivity contribution in [1.82, 2.24) is 0 Å². The largest absolute Gasteiger partial charge is 0.497 e. The summed E-state index contributed by atoms with van der Waals surface area (Å²) >= 11 is 0. The summed E-state index contributed by atoms with van der Waals surface area (Å²) in [7, 11) is 1.59. The normalized spacial score (nSPS) is 8.40. The average molecular weight is 136 g/mol. The second-order valence-electron chi connectivity index (χ2n) is 1.80. The molecule has 0 saturated carbocycles. The quantitative estimate of drug-likeness (QED) is 0.438. The molecule has 0 aromatic heterocycles. The lowest BCUT2D eigenvalue weighted by molar-refractivity contribution is 0.415. The van der Waals surface area contributed by atoms with Gasteiger partial charge in [0, 0.05) is 12.1 Å². The second-order valence-corrected chi connectivity index (χ2v) is 1.80. The van der Waals surface area contributed by atoms with Crippen molar-refractivity contribution in [3.8, 4) is 5.75 Å². The molecule has 1 aromatic rings. The highest BCUT2D eigenvalue weighted by molar-refractivity contribution is 5.46. The minimum atomic E-state index is 0.529. The van der Waals surface area contributed by atoms with Crippen LogP contribution in [0.1, 0.15) is 0 Å². The summed E-state index contributed by atoms with van der Waals surface area (Å²) in [5, 5.41) is 8.29. The number of diazo groups is 1. The number of methoxy groups -OCH3 is 1. The Kier molecular flexibility index (Phi) is 1.86. The van der Waals surface area contributed by atoms with Crippen LogP contribution in [0.15, 0.2) is 24.3 Å². The van der Waals surface area contributed by atoms with Crippen LogP contribution in [0.2, 0.25) is 0 Å². The average Bonchev–Trinajstić information content (AvgIpc) is 2.05. The van der Waals surface area contributed by atoms with Crippen molar-refractivity contribution in [1.29, 1.82) is 5.39 Å². The third kappa shape index (κ3) is 1.23. The Hall–Kier alpha value is -1.56. The van der Waals surface area contributed by atoms with Crippen molar-refractivity contribution in [2.45, 2.75) is 0 Å². The van der Waals surface area contributed by atoms with Gasteiger partial charge in [-0.05, 0) is 12.1 Å². The van der Waals surface area contributed by atoms with Crippen LogP contribution in [0.5, 0.6) is 5.75 Å². The molecule has 0 fully saturated rings. The highest BCUT2D eigenvalue weighted by Crippen LogP contribution is 2.16. The first-order valence-corrected chi connectivity index (χ1v) is 2.86. The van der Waals surface area contributed by atoms with Gasteiger partial charge in [0.2, 0.25) is 5.39 Å². The molecule has 1 rings (SSSR count). The van der Waals surface area contributed by atoms with Gasteiger partial charge in [-0.25, -0.2) is 0 Å². The molecular weight excluding hydrogens is 129 g/mol. The Morgan fingerprint density at radius 2 is 1.90 bits per heavy atom. The van der Waals surface area contributed by atoms with E-state index in [0.717, 1.165) is 5.75 Å². The summed E-state index contributed by atoms with van der Waals surface area (Å²) in [6, 6.07) is 6.79. The van der Waals surface area contributed by atoms with Crippen molar-refractivity contribution < 1.29 is 4.74 Å². The van der Waals surface area contributed by atoms with E-state index in [1.807, 2.05) is 0 Å². The molecule has 0 aliphatic rings. The van der Waals surface area contributed by atoms with Crippen molar-refractivity contribution in [3.63, 3.8) is 0 Å². The van der Waals surface area contributed by atoms with Crippen LogP contribution in [-0.4, -0.2) is 7.11 Å². The first kappa shape index (κ1) is 6.56. The van der Waals surface area contributed by atoms with E-state index in [0.29, 0.717) is 5.69 Å². The van der Waals surface area contributed by atoms with Gasteiger partial charge in [0.25, 0.3) is 0 Å². The lowest BCUT2D eigenvalue weighted by Gasteiger charge is -1.93. The van der Waals surface area contributed by atoms with E-state index in [-0.39, 0.29) is 0 Å². The molecule has 10 heavy (non-hydrogen) atoms. The van der Waals surface area contributed by atoms with Crippen LogP contribution >= 0.6 is 0 Å². The smallest absolute Gasteiger partial charge is 0.385 e. The molecule has 0 atom stereocenters. The maximum atomic E-state index is 8.29. The van der Waals surface area contributed by atoms with Crippen LogP contribution in [0.25, 0.3) is 4.98 Å². The SMILES string of the molecule is COc1ccc([N+]#[15N])cc1. The molecule has 0 bridgehead atoms. The summed E-state index contributed by atoms with van der Waals surface area (Å²) in [5.41, 5.74) is 0.529. The van der Waals surface area contributed by atoms with Crippen LogP contribution in [0, 0.1) is 5.39 Å². The minimum Gasteiger partial charge on any atom is -0.497 e. The second kappa shape index (κ2) is 2.83. The van der Waals surface area contributed by atoms with Gasteiger partial charge in [-0.3, -0.25) is 0 Å². The Balaban J connectivity index is 2.93. The number of hydrogen-bond acceptors (Lipinski definition) is 2. The fourth-order valence-corrected chi connectivity index (χ4v) is 0.649. The molecule has 0 N–H and O–H groups in total. The van der Waals surface area contributed by atoms with Crippen molar-refractivity contribution in [2.75, 3.05) is 7.11 Å². The summed E-state index contributed by atoms with van der Waals surface area (Å²) in [6.07, 6.45) is 0. The molecular formula is C7H7N2O+. The van der Waals surface area contributed by atoms with E-state index >= 15 is 0 Å². The summed E-state index contributed by atoms with van der Waals surface area (Å²) in [5.74, 6) is 0.757.